The minimum Gasteiger partial charge on any atom is -0.357 e. The van der Waals surface area contributed by atoms with Crippen molar-refractivity contribution in [3.05, 3.63) is 70.2 Å². The van der Waals surface area contributed by atoms with Crippen molar-refractivity contribution in [3.8, 4) is 0 Å². The smallest absolute Gasteiger partial charge is 0.254 e. The van der Waals surface area contributed by atoms with Gasteiger partial charge in [0.05, 0.1) is 13.1 Å². The van der Waals surface area contributed by atoms with Crippen molar-refractivity contribution in [1.29, 1.82) is 0 Å². The van der Waals surface area contributed by atoms with Crippen molar-refractivity contribution in [2.24, 2.45) is 4.99 Å². The molecule has 0 aliphatic carbocycles. The molecule has 164 valence electrons. The third kappa shape index (κ3) is 6.72. The van der Waals surface area contributed by atoms with Crippen LogP contribution in [0.3, 0.4) is 0 Å². The molecule has 31 heavy (non-hydrogen) atoms. The van der Waals surface area contributed by atoms with E-state index in [9.17, 15) is 9.59 Å². The third-order valence-electron chi connectivity index (χ3n) is 4.94. The van der Waals surface area contributed by atoms with E-state index in [1.165, 1.54) is 0 Å². The first-order valence-electron chi connectivity index (χ1n) is 10.5. The first-order valence-corrected chi connectivity index (χ1v) is 10.8. The molecule has 1 saturated heterocycles. The molecule has 0 aromatic heterocycles. The van der Waals surface area contributed by atoms with Gasteiger partial charge in [-0.25, -0.2) is 4.99 Å². The predicted octanol–water partition coefficient (Wildman–Crippen LogP) is 2.21. The number of hydrogen-bond acceptors (Lipinski definition) is 3. The standard InChI is InChI=1S/C23H28ClN5O2/c1-2-25-23(27-12-11-18-5-3-4-6-20(18)24)28-15-17-7-9-19(10-8-17)22(31)29-14-13-26-21(30)16-29/h3-10H,2,11-16H2,1H3,(H,26,30)(H2,25,27,28). The Bertz CT molecular complexity index is 930. The number of halogens is 1. The lowest BCUT2D eigenvalue weighted by molar-refractivity contribution is -0.123. The molecule has 2 aromatic rings. The number of aliphatic imine (C=N–C) groups is 1. The van der Waals surface area contributed by atoms with Gasteiger partial charge in [0.25, 0.3) is 5.91 Å². The first-order chi connectivity index (χ1) is 15.1. The second kappa shape index (κ2) is 11.4. The van der Waals surface area contributed by atoms with E-state index >= 15 is 0 Å². The van der Waals surface area contributed by atoms with Crippen LogP contribution in [0.25, 0.3) is 0 Å². The summed E-state index contributed by atoms with van der Waals surface area (Å²) in [6.07, 6.45) is 0.801. The average Bonchev–Trinajstić information content (AvgIpc) is 2.78. The molecular formula is C23H28ClN5O2. The molecule has 8 heteroatoms. The van der Waals surface area contributed by atoms with Crippen molar-refractivity contribution < 1.29 is 9.59 Å². The number of benzene rings is 2. The topological polar surface area (TPSA) is 85.8 Å². The molecule has 0 bridgehead atoms. The Balaban J connectivity index is 1.54. The number of nitrogens with one attached hydrogen (secondary N) is 3. The highest BCUT2D eigenvalue weighted by Crippen LogP contribution is 2.15. The van der Waals surface area contributed by atoms with Gasteiger partial charge in [0, 0.05) is 36.8 Å². The lowest BCUT2D eigenvalue weighted by Gasteiger charge is -2.26. The van der Waals surface area contributed by atoms with E-state index in [1.54, 1.807) is 17.0 Å². The van der Waals surface area contributed by atoms with Crippen molar-refractivity contribution in [3.63, 3.8) is 0 Å². The third-order valence-corrected chi connectivity index (χ3v) is 5.30. The van der Waals surface area contributed by atoms with Gasteiger partial charge < -0.3 is 20.9 Å². The van der Waals surface area contributed by atoms with Crippen molar-refractivity contribution >= 4 is 29.4 Å². The van der Waals surface area contributed by atoms with Crippen LogP contribution in [-0.4, -0.2) is 55.4 Å². The summed E-state index contributed by atoms with van der Waals surface area (Å²) in [4.78, 5) is 30.2. The molecule has 3 rings (SSSR count). The zero-order chi connectivity index (χ0) is 22.1. The van der Waals surface area contributed by atoms with Gasteiger partial charge in [0.2, 0.25) is 5.91 Å². The predicted molar refractivity (Wildman–Crippen MR) is 123 cm³/mol. The lowest BCUT2D eigenvalue weighted by Crippen LogP contribution is -2.49. The summed E-state index contributed by atoms with van der Waals surface area (Å²) >= 11 is 6.21. The number of amides is 2. The Morgan fingerprint density at radius 3 is 2.65 bits per heavy atom. The minimum absolute atomic E-state index is 0.108. The molecule has 0 spiro atoms. The Kier molecular flexibility index (Phi) is 8.29. The molecule has 0 atom stereocenters. The normalized spacial score (nSPS) is 14.2. The van der Waals surface area contributed by atoms with Crippen LogP contribution >= 0.6 is 11.6 Å². The monoisotopic (exact) mass is 441 g/mol. The van der Waals surface area contributed by atoms with Crippen LogP contribution in [0.15, 0.2) is 53.5 Å². The average molecular weight is 442 g/mol. The molecule has 1 aliphatic heterocycles. The number of carbonyl (C=O) groups is 2. The van der Waals surface area contributed by atoms with Gasteiger partial charge in [0.1, 0.15) is 0 Å². The second-order valence-electron chi connectivity index (χ2n) is 7.24. The van der Waals surface area contributed by atoms with Crippen molar-refractivity contribution in [1.82, 2.24) is 20.9 Å². The maximum absolute atomic E-state index is 12.6. The van der Waals surface area contributed by atoms with E-state index in [1.807, 2.05) is 43.3 Å². The quantitative estimate of drug-likeness (QED) is 0.454. The molecule has 1 heterocycles. The minimum atomic E-state index is -0.125. The van der Waals surface area contributed by atoms with Gasteiger partial charge in [-0.2, -0.15) is 0 Å². The van der Waals surface area contributed by atoms with Crippen molar-refractivity contribution in [2.75, 3.05) is 32.7 Å². The largest absolute Gasteiger partial charge is 0.357 e. The Morgan fingerprint density at radius 2 is 1.94 bits per heavy atom. The first kappa shape index (κ1) is 22.6. The summed E-state index contributed by atoms with van der Waals surface area (Å²) in [5.74, 6) is 0.483. The number of carbonyl (C=O) groups excluding carboxylic acids is 2. The van der Waals surface area contributed by atoms with Crippen LogP contribution in [-0.2, 0) is 17.8 Å². The molecule has 0 saturated carbocycles. The SMILES string of the molecule is CCNC(=NCc1ccc(C(=O)N2CCNC(=O)C2)cc1)NCCc1ccccc1Cl. The van der Waals surface area contributed by atoms with E-state index in [2.05, 4.69) is 20.9 Å². The van der Waals surface area contributed by atoms with Crippen LogP contribution in [0.2, 0.25) is 5.02 Å². The van der Waals surface area contributed by atoms with E-state index in [4.69, 9.17) is 11.6 Å². The van der Waals surface area contributed by atoms with Gasteiger partial charge in [-0.1, -0.05) is 41.9 Å². The van der Waals surface area contributed by atoms with Gasteiger partial charge in [-0.05, 0) is 42.7 Å². The van der Waals surface area contributed by atoms with Crippen LogP contribution in [0.1, 0.15) is 28.4 Å². The molecule has 0 unspecified atom stereocenters. The maximum Gasteiger partial charge on any atom is 0.254 e. The summed E-state index contributed by atoms with van der Waals surface area (Å²) in [5, 5.41) is 10.1. The summed E-state index contributed by atoms with van der Waals surface area (Å²) in [7, 11) is 0. The summed E-state index contributed by atoms with van der Waals surface area (Å²) in [6, 6.07) is 15.2. The van der Waals surface area contributed by atoms with Gasteiger partial charge in [0.15, 0.2) is 5.96 Å². The van der Waals surface area contributed by atoms with Gasteiger partial charge in [-0.15, -0.1) is 0 Å². The van der Waals surface area contributed by atoms with Gasteiger partial charge >= 0.3 is 0 Å². The van der Waals surface area contributed by atoms with Gasteiger partial charge in [-0.3, -0.25) is 9.59 Å². The zero-order valence-corrected chi connectivity index (χ0v) is 18.4. The molecule has 2 aromatic carbocycles. The number of nitrogens with zero attached hydrogens (tertiary/aromatic N) is 2. The number of guanidine groups is 1. The van der Waals surface area contributed by atoms with Crippen LogP contribution in [0.4, 0.5) is 0 Å². The fourth-order valence-corrected chi connectivity index (χ4v) is 3.51. The number of hydrogen-bond donors (Lipinski definition) is 3. The molecule has 7 nitrogen and oxygen atoms in total. The Hall–Kier alpha value is -3.06. The Labute approximate surface area is 187 Å². The number of piperazine rings is 1. The lowest BCUT2D eigenvalue weighted by atomic mass is 10.1. The highest BCUT2D eigenvalue weighted by Gasteiger charge is 2.22. The zero-order valence-electron chi connectivity index (χ0n) is 17.7. The molecule has 1 aliphatic rings. The van der Waals surface area contributed by atoms with Crippen LogP contribution in [0.5, 0.6) is 0 Å². The summed E-state index contributed by atoms with van der Waals surface area (Å²) < 4.78 is 0. The van der Waals surface area contributed by atoms with E-state index in [0.29, 0.717) is 31.7 Å². The van der Waals surface area contributed by atoms with Crippen molar-refractivity contribution in [2.45, 2.75) is 19.9 Å². The highest BCUT2D eigenvalue weighted by atomic mass is 35.5. The summed E-state index contributed by atoms with van der Waals surface area (Å²) in [6.45, 7) is 5.11. The fraction of sp³-hybridized carbons (Fsp3) is 0.348. The van der Waals surface area contributed by atoms with Crippen LogP contribution < -0.4 is 16.0 Å². The summed E-state index contributed by atoms with van der Waals surface area (Å²) in [5.41, 5.74) is 2.67. The van der Waals surface area contributed by atoms with Crippen LogP contribution in [0, 0.1) is 0 Å². The molecule has 1 fully saturated rings. The maximum atomic E-state index is 12.6. The highest BCUT2D eigenvalue weighted by molar-refractivity contribution is 6.31. The molecule has 3 N–H and O–H groups in total. The van der Waals surface area contributed by atoms with E-state index in [0.717, 1.165) is 35.1 Å². The van der Waals surface area contributed by atoms with E-state index in [-0.39, 0.29) is 18.4 Å². The molecule has 2 amide bonds. The fourth-order valence-electron chi connectivity index (χ4n) is 3.28. The van der Waals surface area contributed by atoms with E-state index < -0.39 is 0 Å². The molecular weight excluding hydrogens is 414 g/mol. The number of rotatable bonds is 7. The second-order valence-corrected chi connectivity index (χ2v) is 7.64. The molecule has 0 radical (unpaired) electrons. The Morgan fingerprint density at radius 1 is 1.16 bits per heavy atom.